The van der Waals surface area contributed by atoms with Crippen molar-refractivity contribution in [1.29, 1.82) is 0 Å². The number of piperazine rings is 1. The average Bonchev–Trinajstić information content (AvgIpc) is 2.75. The number of aliphatic imine (C=N–C) groups is 1. The van der Waals surface area contributed by atoms with Gasteiger partial charge in [0.2, 0.25) is 5.91 Å². The van der Waals surface area contributed by atoms with E-state index in [2.05, 4.69) is 37.6 Å². The van der Waals surface area contributed by atoms with Crippen molar-refractivity contribution in [1.82, 2.24) is 9.91 Å². The SMILES string of the molecule is C=NN(CC(=O)N1CCN(c2ccc(Cl)cc2)CC1)C(=NC)c1ccccc1Br. The maximum Gasteiger partial charge on any atom is 0.244 e. The maximum absolute atomic E-state index is 12.9. The summed E-state index contributed by atoms with van der Waals surface area (Å²) in [5.74, 6) is 0.599. The van der Waals surface area contributed by atoms with Crippen LogP contribution in [0.1, 0.15) is 5.56 Å². The van der Waals surface area contributed by atoms with Gasteiger partial charge in [-0.05, 0) is 30.3 Å². The van der Waals surface area contributed by atoms with E-state index in [9.17, 15) is 4.79 Å². The van der Waals surface area contributed by atoms with E-state index in [0.29, 0.717) is 18.9 Å². The number of halogens is 2. The Bertz CT molecular complexity index is 894. The fraction of sp³-hybridized carbons (Fsp3) is 0.286. The summed E-state index contributed by atoms with van der Waals surface area (Å²) in [5.41, 5.74) is 1.98. The molecule has 1 aliphatic heterocycles. The highest BCUT2D eigenvalue weighted by molar-refractivity contribution is 9.10. The van der Waals surface area contributed by atoms with Crippen molar-refractivity contribution in [2.24, 2.45) is 10.1 Å². The van der Waals surface area contributed by atoms with Crippen LogP contribution in [0.2, 0.25) is 5.02 Å². The van der Waals surface area contributed by atoms with Crippen LogP contribution in [0.25, 0.3) is 0 Å². The topological polar surface area (TPSA) is 51.5 Å². The number of carbonyl (C=O) groups excluding carboxylic acids is 1. The van der Waals surface area contributed by atoms with Gasteiger partial charge in [0.05, 0.1) is 0 Å². The number of hydrogen-bond acceptors (Lipinski definition) is 4. The van der Waals surface area contributed by atoms with Gasteiger partial charge in [0.15, 0.2) is 5.84 Å². The summed E-state index contributed by atoms with van der Waals surface area (Å²) in [5, 5.41) is 6.31. The first-order valence-corrected chi connectivity index (χ1v) is 10.4. The summed E-state index contributed by atoms with van der Waals surface area (Å²) in [4.78, 5) is 21.3. The fourth-order valence-electron chi connectivity index (χ4n) is 3.30. The molecule has 1 saturated heterocycles. The molecule has 3 rings (SSSR count). The van der Waals surface area contributed by atoms with Gasteiger partial charge in [-0.1, -0.05) is 45.7 Å². The van der Waals surface area contributed by atoms with Gasteiger partial charge in [-0.15, -0.1) is 0 Å². The van der Waals surface area contributed by atoms with Gasteiger partial charge in [0, 0.05) is 60.7 Å². The molecule has 0 atom stereocenters. The largest absolute Gasteiger partial charge is 0.368 e. The number of hydrazone groups is 1. The van der Waals surface area contributed by atoms with E-state index in [-0.39, 0.29) is 12.5 Å². The molecular formula is C21H23BrClN5O. The number of hydrogen-bond donors (Lipinski definition) is 0. The molecule has 0 spiro atoms. The zero-order chi connectivity index (χ0) is 20.8. The molecule has 152 valence electrons. The molecule has 0 radical (unpaired) electrons. The molecule has 1 fully saturated rings. The Hall–Kier alpha value is -2.38. The molecule has 8 heteroatoms. The van der Waals surface area contributed by atoms with Crippen molar-refractivity contribution >= 4 is 51.7 Å². The molecule has 0 unspecified atom stereocenters. The van der Waals surface area contributed by atoms with Crippen molar-refractivity contribution in [2.45, 2.75) is 0 Å². The van der Waals surface area contributed by atoms with E-state index >= 15 is 0 Å². The third-order valence-electron chi connectivity index (χ3n) is 4.85. The summed E-state index contributed by atoms with van der Waals surface area (Å²) in [7, 11) is 1.68. The second kappa shape index (κ2) is 9.89. The third-order valence-corrected chi connectivity index (χ3v) is 5.79. The number of carbonyl (C=O) groups is 1. The molecule has 0 bridgehead atoms. The summed E-state index contributed by atoms with van der Waals surface area (Å²) < 4.78 is 0.887. The molecule has 0 saturated carbocycles. The first-order valence-electron chi connectivity index (χ1n) is 9.27. The lowest BCUT2D eigenvalue weighted by Crippen LogP contribution is -2.51. The minimum atomic E-state index is 0.00126. The van der Waals surface area contributed by atoms with Crippen molar-refractivity contribution in [2.75, 3.05) is 44.7 Å². The van der Waals surface area contributed by atoms with Gasteiger partial charge in [0.25, 0.3) is 0 Å². The Morgan fingerprint density at radius 2 is 1.79 bits per heavy atom. The van der Waals surface area contributed by atoms with Crippen molar-refractivity contribution < 1.29 is 4.79 Å². The van der Waals surface area contributed by atoms with E-state index in [1.807, 2.05) is 53.4 Å². The van der Waals surface area contributed by atoms with Crippen LogP contribution in [-0.2, 0) is 4.79 Å². The maximum atomic E-state index is 12.9. The Labute approximate surface area is 184 Å². The van der Waals surface area contributed by atoms with Gasteiger partial charge in [-0.25, -0.2) is 5.01 Å². The van der Waals surface area contributed by atoms with E-state index in [4.69, 9.17) is 11.6 Å². The predicted molar refractivity (Wildman–Crippen MR) is 123 cm³/mol. The van der Waals surface area contributed by atoms with Crippen LogP contribution in [-0.4, -0.2) is 68.1 Å². The van der Waals surface area contributed by atoms with Crippen LogP contribution in [0, 0.1) is 0 Å². The molecule has 2 aromatic rings. The predicted octanol–water partition coefficient (Wildman–Crippen LogP) is 3.75. The Balaban J connectivity index is 1.62. The van der Waals surface area contributed by atoms with E-state index in [1.54, 1.807) is 12.1 Å². The number of rotatable bonds is 5. The van der Waals surface area contributed by atoms with Crippen LogP contribution in [0.15, 0.2) is 63.1 Å². The van der Waals surface area contributed by atoms with Gasteiger partial charge in [-0.2, -0.15) is 5.10 Å². The molecular weight excluding hydrogens is 454 g/mol. The lowest BCUT2D eigenvalue weighted by atomic mass is 10.2. The Morgan fingerprint density at radius 3 is 2.38 bits per heavy atom. The average molecular weight is 477 g/mol. The summed E-state index contributed by atoms with van der Waals surface area (Å²) in [6.07, 6.45) is 0. The van der Waals surface area contributed by atoms with Gasteiger partial charge < -0.3 is 9.80 Å². The highest BCUT2D eigenvalue weighted by Crippen LogP contribution is 2.21. The minimum Gasteiger partial charge on any atom is -0.368 e. The molecule has 1 aliphatic rings. The molecule has 1 amide bonds. The third kappa shape index (κ3) is 5.16. The molecule has 0 aliphatic carbocycles. The highest BCUT2D eigenvalue weighted by Gasteiger charge is 2.24. The Kier molecular flexibility index (Phi) is 7.28. The quantitative estimate of drug-likeness (QED) is 0.375. The van der Waals surface area contributed by atoms with Crippen LogP contribution in [0.3, 0.4) is 0 Å². The zero-order valence-corrected chi connectivity index (χ0v) is 18.6. The monoisotopic (exact) mass is 475 g/mol. The van der Waals surface area contributed by atoms with Crippen molar-refractivity contribution in [3.05, 3.63) is 63.6 Å². The van der Waals surface area contributed by atoms with E-state index < -0.39 is 0 Å². The zero-order valence-electron chi connectivity index (χ0n) is 16.3. The fourth-order valence-corrected chi connectivity index (χ4v) is 3.89. The van der Waals surface area contributed by atoms with Crippen molar-refractivity contribution in [3.63, 3.8) is 0 Å². The lowest BCUT2D eigenvalue weighted by molar-refractivity contribution is -0.131. The van der Waals surface area contributed by atoms with E-state index in [1.165, 1.54) is 0 Å². The second-order valence-corrected chi connectivity index (χ2v) is 7.86. The van der Waals surface area contributed by atoms with E-state index in [0.717, 1.165) is 33.8 Å². The first kappa shape index (κ1) is 21.3. The Morgan fingerprint density at radius 1 is 1.14 bits per heavy atom. The molecule has 0 N–H and O–H groups in total. The number of nitrogens with zero attached hydrogens (tertiary/aromatic N) is 5. The van der Waals surface area contributed by atoms with Crippen LogP contribution >= 0.6 is 27.5 Å². The number of benzene rings is 2. The normalized spacial score (nSPS) is 14.7. The molecule has 0 aromatic heterocycles. The summed E-state index contributed by atoms with van der Waals surface area (Å²) in [6.45, 7) is 6.58. The summed E-state index contributed by atoms with van der Waals surface area (Å²) >= 11 is 9.50. The van der Waals surface area contributed by atoms with Gasteiger partial charge in [-0.3, -0.25) is 9.79 Å². The second-order valence-electron chi connectivity index (χ2n) is 6.57. The molecule has 2 aromatic carbocycles. The van der Waals surface area contributed by atoms with Gasteiger partial charge in [0.1, 0.15) is 6.54 Å². The molecule has 1 heterocycles. The lowest BCUT2D eigenvalue weighted by Gasteiger charge is -2.36. The number of amides is 1. The standard InChI is InChI=1S/C21H23BrClN5O/c1-24-21(18-5-3-4-6-19(18)22)28(25-2)15-20(29)27-13-11-26(12-14-27)17-9-7-16(23)8-10-17/h3-10H,2,11-15H2,1H3. The minimum absolute atomic E-state index is 0.00126. The van der Waals surface area contributed by atoms with Gasteiger partial charge >= 0.3 is 0 Å². The van der Waals surface area contributed by atoms with Crippen molar-refractivity contribution in [3.8, 4) is 0 Å². The first-order chi connectivity index (χ1) is 14.0. The molecule has 6 nitrogen and oxygen atoms in total. The highest BCUT2D eigenvalue weighted by atomic mass is 79.9. The smallest absolute Gasteiger partial charge is 0.244 e. The summed E-state index contributed by atoms with van der Waals surface area (Å²) in [6, 6.07) is 15.5. The van der Waals surface area contributed by atoms with Crippen LogP contribution < -0.4 is 4.90 Å². The number of amidine groups is 1. The van der Waals surface area contributed by atoms with Crippen LogP contribution in [0.4, 0.5) is 5.69 Å². The number of anilines is 1. The van der Waals surface area contributed by atoms with Crippen LogP contribution in [0.5, 0.6) is 0 Å². The molecule has 29 heavy (non-hydrogen) atoms.